The second kappa shape index (κ2) is 13.5. The summed E-state index contributed by atoms with van der Waals surface area (Å²) in [5.41, 5.74) is 9.13. The number of carbonyl (C=O) groups excluding carboxylic acids is 1. The van der Waals surface area contributed by atoms with Gasteiger partial charge in [0.15, 0.2) is 5.60 Å². The van der Waals surface area contributed by atoms with Crippen molar-refractivity contribution in [2.24, 2.45) is 0 Å². The number of nitrogens with zero attached hydrogens (tertiary/aromatic N) is 2. The van der Waals surface area contributed by atoms with E-state index in [9.17, 15) is 4.79 Å². The Balaban J connectivity index is 1.73. The number of aromatic nitrogens is 1. The van der Waals surface area contributed by atoms with E-state index < -0.39 is 5.60 Å². The Morgan fingerprint density at radius 2 is 1.65 bits per heavy atom. The Hall–Kier alpha value is -4.51. The second-order valence-electron chi connectivity index (χ2n) is 12.3. The summed E-state index contributed by atoms with van der Waals surface area (Å²) in [5.74, 6) is -0.283. The van der Waals surface area contributed by atoms with E-state index in [1.807, 2.05) is 36.6 Å². The summed E-state index contributed by atoms with van der Waals surface area (Å²) < 4.78 is 9.33. The normalized spacial score (nSPS) is 17.1. The van der Waals surface area contributed by atoms with Crippen LogP contribution in [0.2, 0.25) is 0 Å². The minimum Gasteiger partial charge on any atom is -0.440 e. The molecule has 46 heavy (non-hydrogen) atoms. The lowest BCUT2D eigenvalue weighted by atomic mass is 9.74. The minimum atomic E-state index is -1.14. The predicted octanol–water partition coefficient (Wildman–Crippen LogP) is 9.41. The number of hydrogen-bond acceptors (Lipinski definition) is 4. The highest BCUT2D eigenvalue weighted by molar-refractivity contribution is 6.01. The quantitative estimate of drug-likeness (QED) is 0.128. The van der Waals surface area contributed by atoms with Crippen molar-refractivity contribution < 1.29 is 9.53 Å². The van der Waals surface area contributed by atoms with Gasteiger partial charge in [-0.1, -0.05) is 74.7 Å². The molecule has 1 atom stereocenters. The first-order chi connectivity index (χ1) is 22.5. The molecule has 0 spiro atoms. The van der Waals surface area contributed by atoms with Crippen LogP contribution in [-0.2, 0) is 23.3 Å². The third kappa shape index (κ3) is 5.26. The van der Waals surface area contributed by atoms with Gasteiger partial charge in [-0.15, -0.1) is 0 Å². The predicted molar refractivity (Wildman–Crippen MR) is 191 cm³/mol. The number of anilines is 1. The number of unbranched alkanes of at least 4 members (excludes halogenated alkanes) is 3. The molecule has 0 saturated carbocycles. The van der Waals surface area contributed by atoms with Crippen LogP contribution in [0.5, 0.6) is 0 Å². The van der Waals surface area contributed by atoms with Crippen LogP contribution >= 0.6 is 0 Å². The minimum absolute atomic E-state index is 0.283. The molecule has 0 bridgehead atoms. The molecule has 1 N–H and O–H groups in total. The summed E-state index contributed by atoms with van der Waals surface area (Å²) in [7, 11) is 0. The molecule has 3 heterocycles. The van der Waals surface area contributed by atoms with E-state index >= 15 is 0 Å². The molecule has 0 fully saturated rings. The number of fused-ring (bicyclic) bond motifs is 2. The zero-order chi connectivity index (χ0) is 32.3. The van der Waals surface area contributed by atoms with Crippen LogP contribution in [0.1, 0.15) is 97.2 Å². The first kappa shape index (κ1) is 31.5. The van der Waals surface area contributed by atoms with Crippen LogP contribution in [0.4, 0.5) is 5.69 Å². The lowest BCUT2D eigenvalue weighted by Crippen LogP contribution is -2.33. The number of hydrogen-bond donors (Lipinski definition) is 1. The summed E-state index contributed by atoms with van der Waals surface area (Å²) in [6, 6.07) is 21.5. The molecule has 0 amide bonds. The van der Waals surface area contributed by atoms with Crippen LogP contribution in [-0.4, -0.2) is 23.6 Å². The molecule has 5 nitrogen and oxygen atoms in total. The molecular weight excluding hydrogens is 566 g/mol. The fourth-order valence-corrected chi connectivity index (χ4v) is 7.64. The highest BCUT2D eigenvalue weighted by Gasteiger charge is 2.53. The van der Waals surface area contributed by atoms with Crippen molar-refractivity contribution in [2.75, 3.05) is 18.0 Å². The highest BCUT2D eigenvalue weighted by atomic mass is 16.6. The number of aryl methyl sites for hydroxylation is 2. The number of carbonyl (C=O) groups is 1. The van der Waals surface area contributed by atoms with E-state index in [0.29, 0.717) is 5.56 Å². The van der Waals surface area contributed by atoms with Crippen LogP contribution in [0.3, 0.4) is 0 Å². The molecule has 0 radical (unpaired) electrons. The molecule has 4 aromatic rings. The molecule has 238 valence electrons. The van der Waals surface area contributed by atoms with Gasteiger partial charge in [0.1, 0.15) is 0 Å². The number of allylic oxidation sites excluding steroid dienone is 4. The molecular formula is C41H47N3O2. The summed E-state index contributed by atoms with van der Waals surface area (Å²) in [6.07, 6.45) is 15.6. The third-order valence-corrected chi connectivity index (χ3v) is 9.79. The molecule has 2 aliphatic rings. The molecule has 3 aromatic carbocycles. The fourth-order valence-electron chi connectivity index (χ4n) is 7.64. The molecule has 5 heteroatoms. The van der Waals surface area contributed by atoms with E-state index in [0.717, 1.165) is 77.0 Å². The largest absolute Gasteiger partial charge is 0.440 e. The average molecular weight is 614 g/mol. The zero-order valence-corrected chi connectivity index (χ0v) is 28.0. The summed E-state index contributed by atoms with van der Waals surface area (Å²) in [4.78, 5) is 16.6. The third-order valence-electron chi connectivity index (χ3n) is 9.79. The monoisotopic (exact) mass is 613 g/mol. The summed E-state index contributed by atoms with van der Waals surface area (Å²) >= 11 is 0. The van der Waals surface area contributed by atoms with Gasteiger partial charge in [0.05, 0.1) is 5.56 Å². The van der Waals surface area contributed by atoms with Crippen LogP contribution in [0, 0.1) is 6.92 Å². The van der Waals surface area contributed by atoms with Crippen molar-refractivity contribution in [3.63, 3.8) is 0 Å². The van der Waals surface area contributed by atoms with E-state index in [1.54, 1.807) is 0 Å². The van der Waals surface area contributed by atoms with Gasteiger partial charge in [0, 0.05) is 76.1 Å². The maximum Gasteiger partial charge on any atom is 0.340 e. The number of cyclic esters (lactones) is 1. The van der Waals surface area contributed by atoms with E-state index in [1.165, 1.54) is 30.5 Å². The van der Waals surface area contributed by atoms with Gasteiger partial charge >= 0.3 is 5.97 Å². The van der Waals surface area contributed by atoms with Crippen LogP contribution < -0.4 is 10.2 Å². The number of nitrogens with one attached hydrogen (secondary N) is 1. The Morgan fingerprint density at radius 1 is 0.848 bits per heavy atom. The van der Waals surface area contributed by atoms with Gasteiger partial charge in [-0.25, -0.2) is 4.79 Å². The SMILES string of the molecule is CCCCCCc1cc(N(CC)CC)ccc1C1(c2c(C)n(CC)c3ccccc23)OC(=O)c2cccc(C3=CC=CC=CN3)c21. The molecule has 1 unspecified atom stereocenters. The lowest BCUT2D eigenvalue weighted by Gasteiger charge is -2.35. The number of esters is 1. The average Bonchev–Trinajstić information content (AvgIpc) is 3.36. The number of benzene rings is 3. The standard InChI is InChI=1S/C41H47N3O2/c1-6-10-11-13-19-30-28-31(43(7-2)8-3)25-26-35(30)41(38-29(5)44(9-4)37-24-16-15-20-33(37)38)39-32(36-23-14-12-17-27-42-36)21-18-22-34(39)40(45)46-41/h12,14-18,20-28,42H,6-11,13,19H2,1-5H3. The number of rotatable bonds is 12. The van der Waals surface area contributed by atoms with Crippen LogP contribution in [0.25, 0.3) is 16.6 Å². The van der Waals surface area contributed by atoms with Crippen molar-refractivity contribution in [1.82, 2.24) is 9.88 Å². The topological polar surface area (TPSA) is 46.5 Å². The maximum absolute atomic E-state index is 14.2. The Morgan fingerprint density at radius 3 is 2.43 bits per heavy atom. The zero-order valence-electron chi connectivity index (χ0n) is 28.0. The van der Waals surface area contributed by atoms with Crippen molar-refractivity contribution in [2.45, 2.75) is 78.9 Å². The highest BCUT2D eigenvalue weighted by Crippen LogP contribution is 2.54. The van der Waals surface area contributed by atoms with Gasteiger partial charge in [0.2, 0.25) is 0 Å². The molecule has 2 aliphatic heterocycles. The van der Waals surface area contributed by atoms with Gasteiger partial charge < -0.3 is 19.5 Å². The second-order valence-corrected chi connectivity index (χ2v) is 12.3. The number of para-hydroxylation sites is 1. The Labute approximate surface area is 274 Å². The smallest absolute Gasteiger partial charge is 0.340 e. The fraction of sp³-hybridized carbons (Fsp3) is 0.341. The summed E-state index contributed by atoms with van der Waals surface area (Å²) in [5, 5.41) is 4.61. The van der Waals surface area contributed by atoms with Crippen molar-refractivity contribution in [3.05, 3.63) is 130 Å². The molecule has 0 saturated heterocycles. The van der Waals surface area contributed by atoms with Gasteiger partial charge in [0.25, 0.3) is 0 Å². The first-order valence-corrected chi connectivity index (χ1v) is 17.1. The van der Waals surface area contributed by atoms with Crippen molar-refractivity contribution in [1.29, 1.82) is 0 Å². The van der Waals surface area contributed by atoms with Gasteiger partial charge in [-0.3, -0.25) is 0 Å². The van der Waals surface area contributed by atoms with E-state index in [-0.39, 0.29) is 5.97 Å². The Bertz CT molecular complexity index is 1840. The Kier molecular flexibility index (Phi) is 9.21. The lowest BCUT2D eigenvalue weighted by molar-refractivity contribution is 0.0250. The molecule has 0 aliphatic carbocycles. The van der Waals surface area contributed by atoms with Crippen molar-refractivity contribution in [3.8, 4) is 0 Å². The number of ether oxygens (including phenoxy) is 1. The first-order valence-electron chi connectivity index (χ1n) is 17.1. The molecule has 6 rings (SSSR count). The summed E-state index contributed by atoms with van der Waals surface area (Å²) in [6.45, 7) is 13.7. The van der Waals surface area contributed by atoms with E-state index in [2.05, 4.69) is 104 Å². The maximum atomic E-state index is 14.2. The van der Waals surface area contributed by atoms with E-state index in [4.69, 9.17) is 4.74 Å². The van der Waals surface area contributed by atoms with Crippen LogP contribution in [0.15, 0.2) is 91.2 Å². The molecule has 1 aromatic heterocycles. The van der Waals surface area contributed by atoms with Gasteiger partial charge in [-0.2, -0.15) is 0 Å². The van der Waals surface area contributed by atoms with Gasteiger partial charge in [-0.05, 0) is 82.5 Å². The van der Waals surface area contributed by atoms with Crippen molar-refractivity contribution >= 4 is 28.3 Å².